The predicted octanol–water partition coefficient (Wildman–Crippen LogP) is 1.43. The molecule has 29 heavy (non-hydrogen) atoms. The van der Waals surface area contributed by atoms with Crippen LogP contribution in [0.2, 0.25) is 0 Å². The molecule has 0 spiro atoms. The van der Waals surface area contributed by atoms with Crippen molar-refractivity contribution in [2.24, 2.45) is 17.8 Å². The number of hydrogen-bond donors (Lipinski definition) is 1. The van der Waals surface area contributed by atoms with Crippen LogP contribution < -0.4 is 5.32 Å². The molecule has 166 valence electrons. The third-order valence-corrected chi connectivity index (χ3v) is 4.99. The van der Waals surface area contributed by atoms with Gasteiger partial charge in [0.25, 0.3) is 0 Å². The third kappa shape index (κ3) is 8.03. The first-order valence-electron chi connectivity index (χ1n) is 10.6. The molecule has 8 nitrogen and oxygen atoms in total. The summed E-state index contributed by atoms with van der Waals surface area (Å²) in [6, 6.07) is -0.673. The number of amides is 3. The van der Waals surface area contributed by atoms with Crippen LogP contribution in [0.3, 0.4) is 0 Å². The average Bonchev–Trinajstić information content (AvgIpc) is 2.65. The largest absolute Gasteiger partial charge is 0.466 e. The quantitative estimate of drug-likeness (QED) is 0.579. The SMILES string of the molecule is CCOC(=O)C1CCCN(C(=O)CN(C)C(=O)C(NC(=O)CC(C)C)C(C)C)C1. The van der Waals surface area contributed by atoms with Crippen LogP contribution in [0.25, 0.3) is 0 Å². The summed E-state index contributed by atoms with van der Waals surface area (Å²) >= 11 is 0. The minimum atomic E-state index is -0.673. The molecule has 1 saturated heterocycles. The van der Waals surface area contributed by atoms with Crippen LogP contribution in [-0.2, 0) is 23.9 Å². The second kappa shape index (κ2) is 11.8. The Hall–Kier alpha value is -2.12. The molecule has 0 bridgehead atoms. The van der Waals surface area contributed by atoms with E-state index in [9.17, 15) is 19.2 Å². The van der Waals surface area contributed by atoms with E-state index in [2.05, 4.69) is 5.32 Å². The zero-order chi connectivity index (χ0) is 22.1. The molecule has 1 N–H and O–H groups in total. The Morgan fingerprint density at radius 2 is 1.83 bits per heavy atom. The van der Waals surface area contributed by atoms with E-state index < -0.39 is 6.04 Å². The molecule has 2 atom stereocenters. The minimum absolute atomic E-state index is 0.0857. The van der Waals surface area contributed by atoms with Gasteiger partial charge < -0.3 is 19.9 Å². The molecule has 2 unspecified atom stereocenters. The highest BCUT2D eigenvalue weighted by atomic mass is 16.5. The van der Waals surface area contributed by atoms with Crippen molar-refractivity contribution in [2.45, 2.75) is 59.9 Å². The monoisotopic (exact) mass is 411 g/mol. The van der Waals surface area contributed by atoms with Crippen LogP contribution in [0.4, 0.5) is 0 Å². The van der Waals surface area contributed by atoms with Crippen molar-refractivity contribution >= 4 is 23.7 Å². The molecule has 1 rings (SSSR count). The van der Waals surface area contributed by atoms with Crippen molar-refractivity contribution < 1.29 is 23.9 Å². The van der Waals surface area contributed by atoms with Crippen LogP contribution >= 0.6 is 0 Å². The third-order valence-electron chi connectivity index (χ3n) is 4.99. The molecule has 8 heteroatoms. The van der Waals surface area contributed by atoms with Gasteiger partial charge in [0.05, 0.1) is 19.1 Å². The lowest BCUT2D eigenvalue weighted by Crippen LogP contribution is -2.53. The van der Waals surface area contributed by atoms with Gasteiger partial charge in [-0.1, -0.05) is 27.7 Å². The van der Waals surface area contributed by atoms with Gasteiger partial charge in [0, 0.05) is 26.6 Å². The molecule has 0 aromatic heterocycles. The van der Waals surface area contributed by atoms with Crippen LogP contribution in [0.1, 0.15) is 53.9 Å². The van der Waals surface area contributed by atoms with E-state index in [4.69, 9.17) is 4.74 Å². The number of ether oxygens (including phenoxy) is 1. The highest BCUT2D eigenvalue weighted by Gasteiger charge is 2.32. The molecule has 1 heterocycles. The molecule has 0 saturated carbocycles. The summed E-state index contributed by atoms with van der Waals surface area (Å²) in [4.78, 5) is 52.6. The van der Waals surface area contributed by atoms with Crippen molar-refractivity contribution in [3.05, 3.63) is 0 Å². The highest BCUT2D eigenvalue weighted by Crippen LogP contribution is 2.18. The maximum Gasteiger partial charge on any atom is 0.310 e. The van der Waals surface area contributed by atoms with Gasteiger partial charge in [0.1, 0.15) is 6.04 Å². The second-order valence-electron chi connectivity index (χ2n) is 8.51. The number of carbonyl (C=O) groups is 4. The molecule has 0 aliphatic carbocycles. The Morgan fingerprint density at radius 1 is 1.17 bits per heavy atom. The average molecular weight is 412 g/mol. The fourth-order valence-corrected chi connectivity index (χ4v) is 3.39. The number of rotatable bonds is 9. The maximum atomic E-state index is 12.8. The van der Waals surface area contributed by atoms with Crippen molar-refractivity contribution in [3.63, 3.8) is 0 Å². The van der Waals surface area contributed by atoms with Gasteiger partial charge in [0.15, 0.2) is 0 Å². The van der Waals surface area contributed by atoms with Crippen LogP contribution in [-0.4, -0.2) is 72.8 Å². The smallest absolute Gasteiger partial charge is 0.310 e. The number of esters is 1. The van der Waals surface area contributed by atoms with Crippen LogP contribution in [0, 0.1) is 17.8 Å². The van der Waals surface area contributed by atoms with Gasteiger partial charge in [-0.25, -0.2) is 0 Å². The molecule has 0 radical (unpaired) electrons. The van der Waals surface area contributed by atoms with Crippen LogP contribution in [0.15, 0.2) is 0 Å². The van der Waals surface area contributed by atoms with E-state index in [-0.39, 0.29) is 48.0 Å². The Balaban J connectivity index is 2.68. The number of nitrogens with zero attached hydrogens (tertiary/aromatic N) is 2. The summed E-state index contributed by atoms with van der Waals surface area (Å²) in [7, 11) is 1.57. The zero-order valence-electron chi connectivity index (χ0n) is 18.7. The normalized spacial score (nSPS) is 17.8. The van der Waals surface area contributed by atoms with Gasteiger partial charge in [-0.05, 0) is 31.6 Å². The summed E-state index contributed by atoms with van der Waals surface area (Å²) in [6.45, 7) is 10.5. The summed E-state index contributed by atoms with van der Waals surface area (Å²) in [5.41, 5.74) is 0. The summed E-state index contributed by atoms with van der Waals surface area (Å²) in [5.74, 6) is -1.15. The van der Waals surface area contributed by atoms with E-state index in [1.54, 1.807) is 18.9 Å². The molecule has 3 amide bonds. The fraction of sp³-hybridized carbons (Fsp3) is 0.810. The van der Waals surface area contributed by atoms with Crippen molar-refractivity contribution in [3.8, 4) is 0 Å². The lowest BCUT2D eigenvalue weighted by molar-refractivity contribution is -0.152. The topological polar surface area (TPSA) is 96.0 Å². The molecule has 0 aromatic carbocycles. The van der Waals surface area contributed by atoms with Gasteiger partial charge >= 0.3 is 5.97 Å². The summed E-state index contributed by atoms with van der Waals surface area (Å²) in [6.07, 6.45) is 1.78. The van der Waals surface area contributed by atoms with Gasteiger partial charge in [0.2, 0.25) is 17.7 Å². The van der Waals surface area contributed by atoms with E-state index >= 15 is 0 Å². The number of likely N-dealkylation sites (N-methyl/N-ethyl adjacent to an activating group) is 1. The zero-order valence-corrected chi connectivity index (χ0v) is 18.7. The Morgan fingerprint density at radius 3 is 2.38 bits per heavy atom. The predicted molar refractivity (Wildman–Crippen MR) is 110 cm³/mol. The number of piperidine rings is 1. The molecule has 0 aromatic rings. The van der Waals surface area contributed by atoms with Crippen molar-refractivity contribution in [1.82, 2.24) is 15.1 Å². The number of nitrogens with one attached hydrogen (secondary N) is 1. The minimum Gasteiger partial charge on any atom is -0.466 e. The van der Waals surface area contributed by atoms with E-state index in [1.165, 1.54) is 4.90 Å². The maximum absolute atomic E-state index is 12.8. The van der Waals surface area contributed by atoms with Gasteiger partial charge in [-0.2, -0.15) is 0 Å². The number of likely N-dealkylation sites (tertiary alicyclic amines) is 1. The van der Waals surface area contributed by atoms with E-state index in [0.29, 0.717) is 32.5 Å². The van der Waals surface area contributed by atoms with Crippen LogP contribution in [0.5, 0.6) is 0 Å². The lowest BCUT2D eigenvalue weighted by Gasteiger charge is -2.33. The summed E-state index contributed by atoms with van der Waals surface area (Å²) < 4.78 is 5.07. The Bertz CT molecular complexity index is 591. The molecule has 1 aliphatic rings. The van der Waals surface area contributed by atoms with Gasteiger partial charge in [-0.15, -0.1) is 0 Å². The van der Waals surface area contributed by atoms with Crippen molar-refractivity contribution in [1.29, 1.82) is 0 Å². The first-order chi connectivity index (χ1) is 13.6. The number of carbonyl (C=O) groups excluding carboxylic acids is 4. The Labute approximate surface area is 174 Å². The number of hydrogen-bond acceptors (Lipinski definition) is 5. The molecular formula is C21H37N3O5. The van der Waals surface area contributed by atoms with E-state index in [0.717, 1.165) is 6.42 Å². The molecule has 1 fully saturated rings. The second-order valence-corrected chi connectivity index (χ2v) is 8.51. The summed E-state index contributed by atoms with van der Waals surface area (Å²) in [5, 5.41) is 2.80. The first kappa shape index (κ1) is 24.9. The highest BCUT2D eigenvalue weighted by molar-refractivity contribution is 5.90. The van der Waals surface area contributed by atoms with Gasteiger partial charge in [-0.3, -0.25) is 19.2 Å². The lowest BCUT2D eigenvalue weighted by atomic mass is 9.98. The first-order valence-corrected chi connectivity index (χ1v) is 10.6. The van der Waals surface area contributed by atoms with Crippen molar-refractivity contribution in [2.75, 3.05) is 33.3 Å². The standard InChI is InChI=1S/C21H37N3O5/c1-7-29-21(28)16-9-8-10-24(12-16)18(26)13-23(6)20(27)19(15(4)5)22-17(25)11-14(2)3/h14-16,19H,7-13H2,1-6H3,(H,22,25). The fourth-order valence-electron chi connectivity index (χ4n) is 3.39. The van der Waals surface area contributed by atoms with E-state index in [1.807, 2.05) is 27.7 Å². The Kier molecular flexibility index (Phi) is 10.1. The molecular weight excluding hydrogens is 374 g/mol. The molecule has 1 aliphatic heterocycles.